The highest BCUT2D eigenvalue weighted by Crippen LogP contribution is 2.41. The van der Waals surface area contributed by atoms with E-state index in [9.17, 15) is 18.0 Å². The molecule has 0 unspecified atom stereocenters. The normalized spacial score (nSPS) is 18.5. The van der Waals surface area contributed by atoms with Crippen molar-refractivity contribution in [3.8, 4) is 5.75 Å². The number of anilines is 5. The van der Waals surface area contributed by atoms with E-state index in [0.29, 0.717) is 35.4 Å². The van der Waals surface area contributed by atoms with E-state index < -0.39 is 23.5 Å². The number of rotatable bonds is 9. The number of hydrogen-bond donors (Lipinski definition) is 2. The number of hydroxylamine groups is 1. The summed E-state index contributed by atoms with van der Waals surface area (Å²) in [5.41, 5.74) is 1.84. The van der Waals surface area contributed by atoms with Crippen molar-refractivity contribution in [1.82, 2.24) is 14.9 Å². The second-order valence-electron chi connectivity index (χ2n) is 10.2. The molecule has 2 fully saturated rings. The summed E-state index contributed by atoms with van der Waals surface area (Å²) >= 11 is 0. The van der Waals surface area contributed by atoms with Crippen molar-refractivity contribution < 1.29 is 27.5 Å². The summed E-state index contributed by atoms with van der Waals surface area (Å²) < 4.78 is 47.8. The third-order valence-electron chi connectivity index (χ3n) is 7.47. The van der Waals surface area contributed by atoms with Gasteiger partial charge in [-0.3, -0.25) is 9.63 Å². The molecule has 0 radical (unpaired) electrons. The number of nitrogens with one attached hydrogen (secondary N) is 2. The average Bonchev–Trinajstić information content (AvgIpc) is 3.67. The smallest absolute Gasteiger partial charge is 0.247 e. The number of nitrogens with zero attached hydrogens (tertiary/aromatic N) is 5. The zero-order valence-corrected chi connectivity index (χ0v) is 23.5. The predicted octanol–water partition coefficient (Wildman–Crippen LogP) is 4.79. The quantitative estimate of drug-likeness (QED) is 0.272. The van der Waals surface area contributed by atoms with Crippen LogP contribution in [0.15, 0.2) is 49.3 Å². The van der Waals surface area contributed by atoms with Gasteiger partial charge < -0.3 is 25.2 Å². The van der Waals surface area contributed by atoms with Crippen molar-refractivity contribution >= 4 is 34.6 Å². The van der Waals surface area contributed by atoms with Crippen molar-refractivity contribution in [2.45, 2.75) is 24.9 Å². The van der Waals surface area contributed by atoms with E-state index in [2.05, 4.69) is 37.0 Å². The SMILES string of the molecule is C=CC(=O)Nc1cc(Nc2cc(N3OCC[C@@H]3c3ccc(F)c(F)c3F)ncn2)c(OC)cc1N1CC[C@@H](N(C)C)C1. The molecule has 2 saturated heterocycles. The number of carbonyl (C=O) groups is 1. The molecule has 3 aromatic rings. The predicted molar refractivity (Wildman–Crippen MR) is 154 cm³/mol. The summed E-state index contributed by atoms with van der Waals surface area (Å²) in [6, 6.07) is 6.91. The number of aromatic nitrogens is 2. The molecular formula is C29H32F3N7O3. The lowest BCUT2D eigenvalue weighted by molar-refractivity contribution is -0.111. The van der Waals surface area contributed by atoms with Gasteiger partial charge in [0.15, 0.2) is 23.3 Å². The number of carbonyl (C=O) groups excluding carboxylic acids is 1. The zero-order valence-electron chi connectivity index (χ0n) is 23.5. The first-order chi connectivity index (χ1) is 20.2. The zero-order chi connectivity index (χ0) is 30.0. The van der Waals surface area contributed by atoms with E-state index in [0.717, 1.165) is 31.3 Å². The topological polar surface area (TPSA) is 95.1 Å². The van der Waals surface area contributed by atoms with Gasteiger partial charge >= 0.3 is 0 Å². The fourth-order valence-corrected chi connectivity index (χ4v) is 5.21. The Morgan fingerprint density at radius 2 is 1.95 bits per heavy atom. The lowest BCUT2D eigenvalue weighted by Gasteiger charge is -2.26. The first-order valence-electron chi connectivity index (χ1n) is 13.4. The lowest BCUT2D eigenvalue weighted by atomic mass is 10.0. The van der Waals surface area contributed by atoms with Crippen LogP contribution >= 0.6 is 0 Å². The fraction of sp³-hybridized carbons (Fsp3) is 0.345. The van der Waals surface area contributed by atoms with Crippen molar-refractivity contribution in [3.63, 3.8) is 0 Å². The van der Waals surface area contributed by atoms with E-state index in [1.54, 1.807) is 19.2 Å². The van der Waals surface area contributed by atoms with Crippen molar-refractivity contribution in [1.29, 1.82) is 0 Å². The van der Waals surface area contributed by atoms with E-state index in [-0.39, 0.29) is 23.9 Å². The van der Waals surface area contributed by atoms with Crippen LogP contribution in [0.4, 0.5) is 41.9 Å². The van der Waals surface area contributed by atoms with Gasteiger partial charge in [0.1, 0.15) is 17.9 Å². The first kappa shape index (κ1) is 29.1. The molecule has 5 rings (SSSR count). The number of halogens is 3. The van der Waals surface area contributed by atoms with Gasteiger partial charge in [0.05, 0.1) is 36.8 Å². The average molecular weight is 584 g/mol. The van der Waals surface area contributed by atoms with Crippen LogP contribution in [0, 0.1) is 17.5 Å². The molecule has 13 heteroatoms. The maximum Gasteiger partial charge on any atom is 0.247 e. The highest BCUT2D eigenvalue weighted by Gasteiger charge is 2.33. The highest BCUT2D eigenvalue weighted by molar-refractivity contribution is 6.02. The van der Waals surface area contributed by atoms with Crippen LogP contribution < -0.4 is 25.3 Å². The molecule has 0 bridgehead atoms. The number of benzene rings is 2. The Bertz CT molecular complexity index is 1490. The minimum atomic E-state index is -1.54. The minimum Gasteiger partial charge on any atom is -0.494 e. The third-order valence-corrected chi connectivity index (χ3v) is 7.47. The summed E-state index contributed by atoms with van der Waals surface area (Å²) in [7, 11) is 5.63. The monoisotopic (exact) mass is 583 g/mol. The number of methoxy groups -OCH3 is 1. The van der Waals surface area contributed by atoms with E-state index in [4.69, 9.17) is 9.57 Å². The van der Waals surface area contributed by atoms with Gasteiger partial charge in [0.2, 0.25) is 5.91 Å². The lowest BCUT2D eigenvalue weighted by Crippen LogP contribution is -2.31. The van der Waals surface area contributed by atoms with Gasteiger partial charge in [-0.05, 0) is 38.7 Å². The summed E-state index contributed by atoms with van der Waals surface area (Å²) in [4.78, 5) is 31.0. The largest absolute Gasteiger partial charge is 0.494 e. The summed E-state index contributed by atoms with van der Waals surface area (Å²) in [6.07, 6.45) is 3.81. The van der Waals surface area contributed by atoms with Crippen LogP contribution in [0.2, 0.25) is 0 Å². The van der Waals surface area contributed by atoms with Crippen LogP contribution in [0.25, 0.3) is 0 Å². The Labute approximate surface area is 241 Å². The molecule has 1 aromatic heterocycles. The van der Waals surface area contributed by atoms with Crippen LogP contribution in [0.1, 0.15) is 24.4 Å². The molecular weight excluding hydrogens is 551 g/mol. The maximum atomic E-state index is 14.6. The molecule has 10 nitrogen and oxygen atoms in total. The standard InChI is InChI=1S/C29H32F3N7O3/c1-5-27(40)36-20-12-21(24(41-4)13-23(20)38-10-8-17(15-38)37(2)3)35-25-14-26(34-16-33-25)39-22(9-11-42-39)18-6-7-19(30)29(32)28(18)31/h5-7,12-14,16-17,22H,1,8-11,15H2,2-4H3,(H,36,40)(H,33,34,35)/t17-,22-/m1/s1. The number of ether oxygens (including phenoxy) is 1. The maximum absolute atomic E-state index is 14.6. The molecule has 0 aliphatic carbocycles. The Morgan fingerprint density at radius 1 is 1.14 bits per heavy atom. The molecule has 0 spiro atoms. The van der Waals surface area contributed by atoms with Gasteiger partial charge in [-0.25, -0.2) is 28.2 Å². The van der Waals surface area contributed by atoms with Crippen molar-refractivity contribution in [2.24, 2.45) is 0 Å². The van der Waals surface area contributed by atoms with Crippen LogP contribution in [-0.4, -0.2) is 67.7 Å². The molecule has 2 atom stereocenters. The Morgan fingerprint density at radius 3 is 2.67 bits per heavy atom. The van der Waals surface area contributed by atoms with Gasteiger partial charge in [-0.15, -0.1) is 0 Å². The van der Waals surface area contributed by atoms with Gasteiger partial charge in [-0.2, -0.15) is 0 Å². The molecule has 2 N–H and O–H groups in total. The van der Waals surface area contributed by atoms with Crippen LogP contribution in [0.5, 0.6) is 5.75 Å². The second-order valence-corrected chi connectivity index (χ2v) is 10.2. The van der Waals surface area contributed by atoms with Gasteiger partial charge in [-0.1, -0.05) is 12.6 Å². The summed E-state index contributed by atoms with van der Waals surface area (Å²) in [5, 5.41) is 7.45. The molecule has 3 heterocycles. The van der Waals surface area contributed by atoms with Crippen LogP contribution in [-0.2, 0) is 9.63 Å². The molecule has 2 aromatic carbocycles. The fourth-order valence-electron chi connectivity index (χ4n) is 5.21. The first-order valence-corrected chi connectivity index (χ1v) is 13.4. The minimum absolute atomic E-state index is 0.0437. The van der Waals surface area contributed by atoms with Crippen LogP contribution in [0.3, 0.4) is 0 Å². The molecule has 1 amide bonds. The van der Waals surface area contributed by atoms with E-state index >= 15 is 0 Å². The molecule has 2 aliphatic rings. The third kappa shape index (κ3) is 5.83. The molecule has 2 aliphatic heterocycles. The highest BCUT2D eigenvalue weighted by atomic mass is 19.2. The molecule has 42 heavy (non-hydrogen) atoms. The number of hydrogen-bond acceptors (Lipinski definition) is 9. The Balaban J connectivity index is 1.45. The molecule has 222 valence electrons. The van der Waals surface area contributed by atoms with Gasteiger partial charge in [0.25, 0.3) is 0 Å². The van der Waals surface area contributed by atoms with Gasteiger partial charge in [0, 0.05) is 43.2 Å². The number of amides is 1. The summed E-state index contributed by atoms with van der Waals surface area (Å²) in [6.45, 7) is 5.38. The Hall–Kier alpha value is -4.36. The molecule has 0 saturated carbocycles. The number of likely N-dealkylation sites (N-methyl/N-ethyl adjacent to an activating group) is 1. The second kappa shape index (κ2) is 12.2. The summed E-state index contributed by atoms with van der Waals surface area (Å²) in [5.74, 6) is -3.29. The van der Waals surface area contributed by atoms with Crippen molar-refractivity contribution in [3.05, 3.63) is 72.3 Å². The van der Waals surface area contributed by atoms with Crippen molar-refractivity contribution in [2.75, 3.05) is 61.5 Å². The van der Waals surface area contributed by atoms with E-state index in [1.165, 1.54) is 23.5 Å². The van der Waals surface area contributed by atoms with E-state index in [1.807, 2.05) is 20.2 Å². The Kier molecular flexibility index (Phi) is 8.50.